The van der Waals surface area contributed by atoms with Crippen molar-refractivity contribution < 1.29 is 4.52 Å². The number of nitrogens with one attached hydrogen (secondary N) is 1. The molecule has 3 heterocycles. The minimum Gasteiger partial charge on any atom is -0.296 e. The molecular formula is C30H29N7O3. The van der Waals surface area contributed by atoms with Crippen LogP contribution in [0.4, 0.5) is 0 Å². The summed E-state index contributed by atoms with van der Waals surface area (Å²) in [7, 11) is 0. The van der Waals surface area contributed by atoms with Crippen molar-refractivity contribution in [2.45, 2.75) is 57.9 Å². The van der Waals surface area contributed by atoms with Gasteiger partial charge in [-0.1, -0.05) is 67.0 Å². The number of aryl methyl sites for hydroxylation is 1. The summed E-state index contributed by atoms with van der Waals surface area (Å²) < 4.78 is 8.36. The lowest BCUT2D eigenvalue weighted by Gasteiger charge is -2.28. The number of aromatic nitrogens is 6. The first-order valence-electron chi connectivity index (χ1n) is 13.7. The first kappa shape index (κ1) is 25.5. The van der Waals surface area contributed by atoms with Crippen LogP contribution in [0, 0.1) is 17.2 Å². The van der Waals surface area contributed by atoms with Crippen LogP contribution in [0.1, 0.15) is 61.9 Å². The maximum Gasteiger partial charge on any atom is 0.439 e. The smallest absolute Gasteiger partial charge is 0.296 e. The van der Waals surface area contributed by atoms with Gasteiger partial charge in [0, 0.05) is 29.5 Å². The molecule has 202 valence electrons. The van der Waals surface area contributed by atoms with Crippen molar-refractivity contribution in [3.63, 3.8) is 0 Å². The third-order valence-electron chi connectivity index (χ3n) is 7.83. The topological polar surface area (TPSA) is 135 Å². The van der Waals surface area contributed by atoms with Gasteiger partial charge in [0.2, 0.25) is 5.78 Å². The van der Waals surface area contributed by atoms with Crippen molar-refractivity contribution in [3.8, 4) is 28.6 Å². The summed E-state index contributed by atoms with van der Waals surface area (Å²) in [5.74, 6) is 0.402. The number of rotatable bonds is 7. The number of nitriles is 1. The Morgan fingerprint density at radius 1 is 1.05 bits per heavy atom. The molecular weight excluding hydrogens is 506 g/mol. The van der Waals surface area contributed by atoms with Crippen LogP contribution >= 0.6 is 0 Å². The highest BCUT2D eigenvalue weighted by molar-refractivity contribution is 5.80. The van der Waals surface area contributed by atoms with E-state index in [1.54, 1.807) is 0 Å². The number of fused-ring (bicyclic) bond motifs is 1. The summed E-state index contributed by atoms with van der Waals surface area (Å²) in [5.41, 5.74) is 5.23. The second kappa shape index (κ2) is 10.8. The Bertz CT molecular complexity index is 1810. The van der Waals surface area contributed by atoms with Crippen LogP contribution in [0.3, 0.4) is 0 Å². The lowest BCUT2D eigenvalue weighted by molar-refractivity contribution is 0.309. The Hall–Kier alpha value is -4.78. The Labute approximate surface area is 229 Å². The minimum atomic E-state index is -0.601. The van der Waals surface area contributed by atoms with Gasteiger partial charge in [0.25, 0.3) is 5.56 Å². The van der Waals surface area contributed by atoms with Crippen molar-refractivity contribution in [1.29, 1.82) is 5.26 Å². The quantitative estimate of drug-likeness (QED) is 0.319. The van der Waals surface area contributed by atoms with Gasteiger partial charge in [0.1, 0.15) is 6.33 Å². The first-order valence-corrected chi connectivity index (χ1v) is 13.7. The van der Waals surface area contributed by atoms with Crippen molar-refractivity contribution in [2.75, 3.05) is 0 Å². The Morgan fingerprint density at radius 2 is 1.80 bits per heavy atom. The maximum atomic E-state index is 14.1. The summed E-state index contributed by atoms with van der Waals surface area (Å²) in [6.45, 7) is 2.09. The van der Waals surface area contributed by atoms with Crippen molar-refractivity contribution in [1.82, 2.24) is 29.3 Å². The van der Waals surface area contributed by atoms with Gasteiger partial charge in [-0.15, -0.1) is 0 Å². The van der Waals surface area contributed by atoms with Gasteiger partial charge < -0.3 is 0 Å². The molecule has 1 aliphatic rings. The average molecular weight is 536 g/mol. The monoisotopic (exact) mass is 535 g/mol. The number of hydrogen-bond donors (Lipinski definition) is 1. The zero-order valence-corrected chi connectivity index (χ0v) is 22.2. The standard InChI is InChI=1S/C30H29N7O3/c1-2-5-26-25(28(38)36(29-32-18-33-37(26)29)22-14-10-20(17-31)11-15-22)16-19-8-12-21(13-9-19)23-6-3-4-7-24(23)27-34-30(39)40-35-27/h3-4,6-9,12-13,18,20,22H,2,5,10-11,14-16H2,1H3,(H,34,35,39)/t20-,22-. The van der Waals surface area contributed by atoms with E-state index in [2.05, 4.69) is 33.2 Å². The molecule has 5 aromatic rings. The van der Waals surface area contributed by atoms with Gasteiger partial charge in [0.05, 0.1) is 11.8 Å². The van der Waals surface area contributed by atoms with Crippen LogP contribution in [0.2, 0.25) is 0 Å². The van der Waals surface area contributed by atoms with E-state index in [0.717, 1.165) is 65.6 Å². The number of H-pyrrole nitrogens is 1. The second-order valence-electron chi connectivity index (χ2n) is 10.3. The molecule has 40 heavy (non-hydrogen) atoms. The average Bonchev–Trinajstić information content (AvgIpc) is 3.65. The van der Waals surface area contributed by atoms with Gasteiger partial charge in [0.15, 0.2) is 5.82 Å². The molecule has 1 saturated carbocycles. The molecule has 10 heteroatoms. The fraction of sp³-hybridized carbons (Fsp3) is 0.333. The predicted molar refractivity (Wildman–Crippen MR) is 149 cm³/mol. The lowest BCUT2D eigenvalue weighted by atomic mass is 9.86. The van der Waals surface area contributed by atoms with Crippen LogP contribution in [0.5, 0.6) is 0 Å². The highest BCUT2D eigenvalue weighted by atomic mass is 16.5. The first-order chi connectivity index (χ1) is 19.6. The minimum absolute atomic E-state index is 0.0000707. The highest BCUT2D eigenvalue weighted by Crippen LogP contribution is 2.33. The van der Waals surface area contributed by atoms with E-state index in [0.29, 0.717) is 24.4 Å². The van der Waals surface area contributed by atoms with E-state index in [4.69, 9.17) is 4.52 Å². The molecule has 1 aliphatic carbocycles. The van der Waals surface area contributed by atoms with Crippen molar-refractivity contribution in [3.05, 3.63) is 92.6 Å². The molecule has 3 aromatic heterocycles. The number of benzene rings is 2. The molecule has 0 saturated heterocycles. The van der Waals surface area contributed by atoms with E-state index in [-0.39, 0.29) is 17.5 Å². The third kappa shape index (κ3) is 4.64. The largest absolute Gasteiger partial charge is 0.439 e. The zero-order valence-electron chi connectivity index (χ0n) is 22.2. The second-order valence-corrected chi connectivity index (χ2v) is 10.3. The molecule has 0 aliphatic heterocycles. The lowest BCUT2D eigenvalue weighted by Crippen LogP contribution is -2.34. The summed E-state index contributed by atoms with van der Waals surface area (Å²) in [6, 6.07) is 18.1. The Morgan fingerprint density at radius 3 is 2.48 bits per heavy atom. The number of aromatic amines is 1. The molecule has 2 aromatic carbocycles. The van der Waals surface area contributed by atoms with Gasteiger partial charge in [-0.05, 0) is 48.8 Å². The fourth-order valence-corrected chi connectivity index (χ4v) is 5.83. The predicted octanol–water partition coefficient (Wildman–Crippen LogP) is 4.70. The van der Waals surface area contributed by atoms with Gasteiger partial charge in [-0.3, -0.25) is 18.9 Å². The van der Waals surface area contributed by atoms with Crippen LogP contribution in [-0.4, -0.2) is 29.3 Å². The molecule has 0 atom stereocenters. The summed E-state index contributed by atoms with van der Waals surface area (Å²) in [6.07, 6.45) is 6.69. The molecule has 0 spiro atoms. The van der Waals surface area contributed by atoms with Crippen molar-refractivity contribution in [2.24, 2.45) is 5.92 Å². The molecule has 1 fully saturated rings. The summed E-state index contributed by atoms with van der Waals surface area (Å²) >= 11 is 0. The normalized spacial score (nSPS) is 17.2. The van der Waals surface area contributed by atoms with Crippen molar-refractivity contribution >= 4 is 5.78 Å². The number of hydrogen-bond acceptors (Lipinski definition) is 7. The highest BCUT2D eigenvalue weighted by Gasteiger charge is 2.27. The molecule has 6 rings (SSSR count). The third-order valence-corrected chi connectivity index (χ3v) is 7.83. The zero-order chi connectivity index (χ0) is 27.6. The molecule has 0 amide bonds. The van der Waals surface area contributed by atoms with E-state index in [9.17, 15) is 14.9 Å². The van der Waals surface area contributed by atoms with Crippen LogP contribution < -0.4 is 11.3 Å². The maximum absolute atomic E-state index is 14.1. The van der Waals surface area contributed by atoms with E-state index in [1.807, 2.05) is 57.6 Å². The molecule has 0 bridgehead atoms. The van der Waals surface area contributed by atoms with Gasteiger partial charge in [-0.2, -0.15) is 15.3 Å². The van der Waals surface area contributed by atoms with Gasteiger partial charge >= 0.3 is 5.76 Å². The Balaban J connectivity index is 1.37. The fourth-order valence-electron chi connectivity index (χ4n) is 5.83. The molecule has 0 unspecified atom stereocenters. The van der Waals surface area contributed by atoms with E-state index in [1.165, 1.54) is 6.33 Å². The van der Waals surface area contributed by atoms with Crippen LogP contribution in [0.15, 0.2) is 69.0 Å². The van der Waals surface area contributed by atoms with E-state index >= 15 is 0 Å². The van der Waals surface area contributed by atoms with Crippen LogP contribution in [0.25, 0.3) is 28.3 Å². The summed E-state index contributed by atoms with van der Waals surface area (Å²) in [5, 5.41) is 17.7. The van der Waals surface area contributed by atoms with E-state index < -0.39 is 5.76 Å². The summed E-state index contributed by atoms with van der Waals surface area (Å²) in [4.78, 5) is 32.7. The SMILES string of the molecule is CCCc1c(Cc2ccc(-c3ccccc3-c3noc(=O)[nH]3)cc2)c(=O)n([C@H]2CC[C@H](C#N)CC2)c2ncnn12. The van der Waals surface area contributed by atoms with Crippen LogP contribution in [-0.2, 0) is 12.8 Å². The Kier molecular flexibility index (Phi) is 6.86. The molecule has 0 radical (unpaired) electrons. The molecule has 10 nitrogen and oxygen atoms in total. The number of nitrogens with zero attached hydrogens (tertiary/aromatic N) is 6. The van der Waals surface area contributed by atoms with Gasteiger partial charge in [-0.25, -0.2) is 9.31 Å². The molecule has 1 N–H and O–H groups in total.